The topological polar surface area (TPSA) is 79.3 Å². The number of carbonyl (C=O) groups excluding carboxylic acids is 1. The minimum absolute atomic E-state index is 0.263. The number of hydrogen-bond donors (Lipinski definition) is 1. The fourth-order valence-electron chi connectivity index (χ4n) is 2.40. The van der Waals surface area contributed by atoms with Gasteiger partial charge in [-0.15, -0.1) is 0 Å². The second-order valence-electron chi connectivity index (χ2n) is 4.94. The minimum atomic E-state index is -0.621. The Morgan fingerprint density at radius 1 is 1.50 bits per heavy atom. The summed E-state index contributed by atoms with van der Waals surface area (Å²) in [6.07, 6.45) is 0.823. The van der Waals surface area contributed by atoms with Gasteiger partial charge in [-0.1, -0.05) is 30.3 Å². The molecule has 0 aromatic heterocycles. The number of nitriles is 1. The summed E-state index contributed by atoms with van der Waals surface area (Å²) in [6, 6.07) is 11.9. The third-order valence-electron chi connectivity index (χ3n) is 3.49. The number of hydrogen-bond acceptors (Lipinski definition) is 4. The number of amides is 1. The van der Waals surface area contributed by atoms with Crippen LogP contribution in [0.15, 0.2) is 30.3 Å². The van der Waals surface area contributed by atoms with E-state index < -0.39 is 12.0 Å². The number of primary amides is 1. The highest BCUT2D eigenvalue weighted by atomic mass is 16.5. The molecule has 2 atom stereocenters. The van der Waals surface area contributed by atoms with Crippen molar-refractivity contribution >= 4 is 5.91 Å². The Labute approximate surface area is 118 Å². The summed E-state index contributed by atoms with van der Waals surface area (Å²) < 4.78 is 5.41. The molecule has 0 spiro atoms. The molecule has 1 aliphatic heterocycles. The zero-order valence-corrected chi connectivity index (χ0v) is 11.4. The molecule has 2 rings (SSSR count). The van der Waals surface area contributed by atoms with E-state index in [9.17, 15) is 10.1 Å². The van der Waals surface area contributed by atoms with Crippen molar-refractivity contribution in [1.82, 2.24) is 4.90 Å². The Balaban J connectivity index is 2.06. The van der Waals surface area contributed by atoms with Gasteiger partial charge in [-0.2, -0.15) is 5.26 Å². The second kappa shape index (κ2) is 7.04. The smallest absolute Gasteiger partial charge is 0.247 e. The van der Waals surface area contributed by atoms with Crippen LogP contribution in [-0.2, 0) is 16.0 Å². The molecule has 1 aliphatic rings. The zero-order valence-electron chi connectivity index (χ0n) is 11.4. The van der Waals surface area contributed by atoms with E-state index in [1.54, 1.807) is 0 Å². The molecule has 2 N–H and O–H groups in total. The summed E-state index contributed by atoms with van der Waals surface area (Å²) in [5.41, 5.74) is 6.43. The lowest BCUT2D eigenvalue weighted by molar-refractivity contribution is -0.129. The third kappa shape index (κ3) is 3.80. The Kier molecular flexibility index (Phi) is 5.10. The van der Waals surface area contributed by atoms with Crippen molar-refractivity contribution in [3.8, 4) is 6.07 Å². The van der Waals surface area contributed by atoms with E-state index in [1.807, 2.05) is 35.2 Å². The predicted molar refractivity (Wildman–Crippen MR) is 74.7 cm³/mol. The van der Waals surface area contributed by atoms with Gasteiger partial charge in [0.2, 0.25) is 5.91 Å². The van der Waals surface area contributed by atoms with Gasteiger partial charge < -0.3 is 10.5 Å². The molecule has 5 heteroatoms. The van der Waals surface area contributed by atoms with Crippen molar-refractivity contribution in [2.75, 3.05) is 19.7 Å². The first-order chi connectivity index (χ1) is 9.70. The van der Waals surface area contributed by atoms with Crippen molar-refractivity contribution in [2.45, 2.75) is 25.0 Å². The summed E-state index contributed by atoms with van der Waals surface area (Å²) in [5, 5.41) is 9.41. The Morgan fingerprint density at radius 3 is 2.90 bits per heavy atom. The lowest BCUT2D eigenvalue weighted by atomic mass is 10.0. The van der Waals surface area contributed by atoms with Gasteiger partial charge >= 0.3 is 0 Å². The van der Waals surface area contributed by atoms with Crippen LogP contribution < -0.4 is 5.73 Å². The maximum atomic E-state index is 11.3. The molecule has 1 aromatic carbocycles. The highest BCUT2D eigenvalue weighted by Crippen LogP contribution is 2.13. The van der Waals surface area contributed by atoms with Crippen LogP contribution in [0, 0.1) is 11.3 Å². The zero-order chi connectivity index (χ0) is 14.4. The lowest BCUT2D eigenvalue weighted by Crippen LogP contribution is -2.44. The average molecular weight is 273 g/mol. The largest absolute Gasteiger partial charge is 0.367 e. The molecule has 20 heavy (non-hydrogen) atoms. The normalized spacial score (nSPS) is 21.6. The van der Waals surface area contributed by atoms with Crippen LogP contribution >= 0.6 is 0 Å². The number of carbonyl (C=O) groups is 1. The molecule has 0 aliphatic carbocycles. The van der Waals surface area contributed by atoms with E-state index in [2.05, 4.69) is 6.07 Å². The SMILES string of the molecule is N#CC(Cc1ccccc1)N1CCCOC(C(N)=O)C1. The average Bonchev–Trinajstić information content (AvgIpc) is 2.72. The molecular weight excluding hydrogens is 254 g/mol. The summed E-state index contributed by atoms with van der Waals surface area (Å²) in [6.45, 7) is 1.64. The van der Waals surface area contributed by atoms with Crippen LogP contribution in [0.5, 0.6) is 0 Å². The number of nitrogens with zero attached hydrogens (tertiary/aromatic N) is 2. The standard InChI is InChI=1S/C15H19N3O2/c16-10-13(9-12-5-2-1-3-6-12)18-7-4-8-20-14(11-18)15(17)19/h1-3,5-6,13-14H,4,7-9,11H2,(H2,17,19). The summed E-state index contributed by atoms with van der Waals surface area (Å²) in [5.74, 6) is -0.465. The van der Waals surface area contributed by atoms with Crippen LogP contribution in [0.4, 0.5) is 0 Å². The number of rotatable bonds is 4. The van der Waals surface area contributed by atoms with Gasteiger partial charge in [-0.05, 0) is 12.0 Å². The van der Waals surface area contributed by atoms with Crippen LogP contribution in [0.3, 0.4) is 0 Å². The molecule has 0 saturated carbocycles. The van der Waals surface area contributed by atoms with Crippen molar-refractivity contribution in [3.63, 3.8) is 0 Å². The molecule has 0 radical (unpaired) electrons. The van der Waals surface area contributed by atoms with Crippen molar-refractivity contribution < 1.29 is 9.53 Å². The van der Waals surface area contributed by atoms with Gasteiger partial charge in [0, 0.05) is 26.1 Å². The van der Waals surface area contributed by atoms with Gasteiger partial charge in [-0.25, -0.2) is 0 Å². The summed E-state index contributed by atoms with van der Waals surface area (Å²) >= 11 is 0. The van der Waals surface area contributed by atoms with Crippen molar-refractivity contribution in [2.24, 2.45) is 5.73 Å². The first-order valence-electron chi connectivity index (χ1n) is 6.79. The van der Waals surface area contributed by atoms with E-state index in [0.717, 1.165) is 18.5 Å². The Bertz CT molecular complexity index is 484. The molecule has 1 amide bonds. The fourth-order valence-corrected chi connectivity index (χ4v) is 2.40. The van der Waals surface area contributed by atoms with E-state index >= 15 is 0 Å². The third-order valence-corrected chi connectivity index (χ3v) is 3.49. The molecule has 1 fully saturated rings. The van der Waals surface area contributed by atoms with Crippen LogP contribution in [0.2, 0.25) is 0 Å². The molecule has 106 valence electrons. The first-order valence-corrected chi connectivity index (χ1v) is 6.79. The molecule has 2 unspecified atom stereocenters. The van der Waals surface area contributed by atoms with Crippen molar-refractivity contribution in [1.29, 1.82) is 5.26 Å². The number of ether oxygens (including phenoxy) is 1. The molecule has 0 bridgehead atoms. The quantitative estimate of drug-likeness (QED) is 0.875. The van der Waals surface area contributed by atoms with Crippen LogP contribution in [-0.4, -0.2) is 42.6 Å². The molecule has 5 nitrogen and oxygen atoms in total. The highest BCUT2D eigenvalue weighted by molar-refractivity contribution is 5.79. The van der Waals surface area contributed by atoms with Gasteiger partial charge in [0.05, 0.1) is 6.07 Å². The summed E-state index contributed by atoms with van der Waals surface area (Å²) in [4.78, 5) is 13.3. The highest BCUT2D eigenvalue weighted by Gasteiger charge is 2.27. The minimum Gasteiger partial charge on any atom is -0.367 e. The maximum Gasteiger partial charge on any atom is 0.247 e. The van der Waals surface area contributed by atoms with Gasteiger partial charge in [0.1, 0.15) is 12.1 Å². The number of nitrogens with two attached hydrogens (primary N) is 1. The number of benzene rings is 1. The Hall–Kier alpha value is -1.90. The van der Waals surface area contributed by atoms with Crippen LogP contribution in [0.25, 0.3) is 0 Å². The first kappa shape index (κ1) is 14.5. The summed E-state index contributed by atoms with van der Waals surface area (Å²) in [7, 11) is 0. The van der Waals surface area contributed by atoms with Gasteiger partial charge in [0.25, 0.3) is 0 Å². The molecule has 1 aromatic rings. The van der Waals surface area contributed by atoms with Gasteiger partial charge in [0.15, 0.2) is 0 Å². The van der Waals surface area contributed by atoms with E-state index in [0.29, 0.717) is 19.6 Å². The molecule has 1 saturated heterocycles. The second-order valence-corrected chi connectivity index (χ2v) is 4.94. The van der Waals surface area contributed by atoms with E-state index in [1.165, 1.54) is 0 Å². The Morgan fingerprint density at radius 2 is 2.25 bits per heavy atom. The van der Waals surface area contributed by atoms with E-state index in [4.69, 9.17) is 10.5 Å². The lowest BCUT2D eigenvalue weighted by Gasteiger charge is -2.26. The van der Waals surface area contributed by atoms with Crippen LogP contribution in [0.1, 0.15) is 12.0 Å². The van der Waals surface area contributed by atoms with E-state index in [-0.39, 0.29) is 6.04 Å². The molecular formula is C15H19N3O2. The van der Waals surface area contributed by atoms with Gasteiger partial charge in [-0.3, -0.25) is 9.69 Å². The predicted octanol–water partition coefficient (Wildman–Crippen LogP) is 0.697. The fraction of sp³-hybridized carbons (Fsp3) is 0.467. The van der Waals surface area contributed by atoms with Crippen molar-refractivity contribution in [3.05, 3.63) is 35.9 Å². The monoisotopic (exact) mass is 273 g/mol. The molecule has 1 heterocycles. The maximum absolute atomic E-state index is 11.3.